The molecular weight excluding hydrogens is 356 g/mol. The first-order valence-corrected chi connectivity index (χ1v) is 8.33. The second kappa shape index (κ2) is 5.67. The number of rotatable bonds is 3. The van der Waals surface area contributed by atoms with E-state index in [1.807, 2.05) is 19.2 Å². The van der Waals surface area contributed by atoms with E-state index >= 15 is 0 Å². The van der Waals surface area contributed by atoms with Crippen LogP contribution < -0.4 is 5.32 Å². The van der Waals surface area contributed by atoms with Gasteiger partial charge in [0.1, 0.15) is 14.9 Å². The smallest absolute Gasteiger partial charge is 0.224 e. The van der Waals surface area contributed by atoms with Gasteiger partial charge in [-0.1, -0.05) is 0 Å². The van der Waals surface area contributed by atoms with E-state index in [2.05, 4.69) is 49.2 Å². The average molecular weight is 367 g/mol. The van der Waals surface area contributed by atoms with Gasteiger partial charge in [-0.25, -0.2) is 15.0 Å². The summed E-state index contributed by atoms with van der Waals surface area (Å²) in [7, 11) is 1.83. The summed E-state index contributed by atoms with van der Waals surface area (Å²) in [5.74, 6) is 0.638. The number of fused-ring (bicyclic) bond motifs is 1. The van der Waals surface area contributed by atoms with Gasteiger partial charge in [0.25, 0.3) is 0 Å². The Morgan fingerprint density at radius 2 is 2.15 bits per heavy atom. The molecule has 0 atom stereocenters. The molecule has 1 N–H and O–H groups in total. The Labute approximate surface area is 133 Å². The van der Waals surface area contributed by atoms with Gasteiger partial charge in [0, 0.05) is 28.0 Å². The van der Waals surface area contributed by atoms with Crippen molar-refractivity contribution in [1.29, 1.82) is 0 Å². The zero-order valence-corrected chi connectivity index (χ0v) is 14.1. The number of thiophene rings is 1. The molecule has 102 valence electrons. The molecule has 0 aliphatic heterocycles. The molecule has 3 aromatic rings. The lowest BCUT2D eigenvalue weighted by Crippen LogP contribution is -1.97. The zero-order chi connectivity index (χ0) is 14.1. The van der Waals surface area contributed by atoms with Crippen LogP contribution in [0.5, 0.6) is 0 Å². The Kier molecular flexibility index (Phi) is 3.91. The molecular formula is C13H11BrN4S2. The summed E-state index contributed by atoms with van der Waals surface area (Å²) < 4.78 is 0.969. The van der Waals surface area contributed by atoms with Gasteiger partial charge in [-0.05, 0) is 52.8 Å². The number of halogens is 1. The van der Waals surface area contributed by atoms with Crippen LogP contribution in [0, 0.1) is 6.92 Å². The number of nitrogens with one attached hydrogen (secondary N) is 1. The van der Waals surface area contributed by atoms with Crippen LogP contribution in [0.2, 0.25) is 0 Å². The average Bonchev–Trinajstić information content (AvgIpc) is 2.81. The maximum Gasteiger partial charge on any atom is 0.224 e. The van der Waals surface area contributed by atoms with Crippen LogP contribution in [-0.2, 0) is 0 Å². The van der Waals surface area contributed by atoms with Crippen LogP contribution in [0.25, 0.3) is 10.2 Å². The second-order valence-electron chi connectivity index (χ2n) is 4.09. The normalized spacial score (nSPS) is 10.9. The molecule has 3 heterocycles. The number of nitrogens with zero attached hydrogens (tertiary/aromatic N) is 3. The number of aromatic nitrogens is 3. The summed E-state index contributed by atoms with van der Waals surface area (Å²) in [6, 6.07) is 6.08. The molecule has 20 heavy (non-hydrogen) atoms. The van der Waals surface area contributed by atoms with Crippen LogP contribution in [0.3, 0.4) is 0 Å². The molecule has 0 fully saturated rings. The Morgan fingerprint density at radius 1 is 1.30 bits per heavy atom. The standard InChI is InChI=1S/C13H11BrN4S2/c1-7-5-9-11(19-7)17-13(15-2)18-12(9)20-10-4-3-8(14)6-16-10/h3-6H,1-2H3,(H,15,17,18). The van der Waals surface area contributed by atoms with E-state index in [1.165, 1.54) is 4.88 Å². The molecule has 0 aliphatic rings. The Hall–Kier alpha value is -1.18. The van der Waals surface area contributed by atoms with E-state index in [-0.39, 0.29) is 0 Å². The summed E-state index contributed by atoms with van der Waals surface area (Å²) >= 11 is 6.62. The van der Waals surface area contributed by atoms with E-state index < -0.39 is 0 Å². The number of pyridine rings is 1. The van der Waals surface area contributed by atoms with Gasteiger partial charge in [0.15, 0.2) is 0 Å². The predicted molar refractivity (Wildman–Crippen MR) is 87.8 cm³/mol. The highest BCUT2D eigenvalue weighted by Crippen LogP contribution is 2.35. The Balaban J connectivity index is 2.06. The first-order chi connectivity index (χ1) is 9.65. The largest absolute Gasteiger partial charge is 0.357 e. The highest BCUT2D eigenvalue weighted by Gasteiger charge is 2.12. The molecule has 0 radical (unpaired) electrons. The molecule has 3 aromatic heterocycles. The van der Waals surface area contributed by atoms with Crippen molar-refractivity contribution in [3.05, 3.63) is 33.7 Å². The molecule has 4 nitrogen and oxygen atoms in total. The summed E-state index contributed by atoms with van der Waals surface area (Å²) in [6.45, 7) is 2.08. The molecule has 0 spiro atoms. The van der Waals surface area contributed by atoms with Crippen molar-refractivity contribution >= 4 is 55.2 Å². The number of aryl methyl sites for hydroxylation is 1. The van der Waals surface area contributed by atoms with Crippen molar-refractivity contribution in [3.8, 4) is 0 Å². The monoisotopic (exact) mass is 366 g/mol. The quantitative estimate of drug-likeness (QED) is 0.698. The van der Waals surface area contributed by atoms with Gasteiger partial charge in [-0.2, -0.15) is 0 Å². The molecule has 0 unspecified atom stereocenters. The topological polar surface area (TPSA) is 50.7 Å². The highest BCUT2D eigenvalue weighted by atomic mass is 79.9. The number of hydrogen-bond donors (Lipinski definition) is 1. The maximum absolute atomic E-state index is 4.55. The third kappa shape index (κ3) is 2.79. The number of anilines is 1. The molecule has 0 saturated heterocycles. The summed E-state index contributed by atoms with van der Waals surface area (Å²) in [5, 5.41) is 5.94. The third-order valence-corrected chi connectivity index (χ3v) is 4.97. The van der Waals surface area contributed by atoms with Crippen molar-refractivity contribution in [3.63, 3.8) is 0 Å². The molecule has 0 aromatic carbocycles. The van der Waals surface area contributed by atoms with Gasteiger partial charge in [-0.3, -0.25) is 0 Å². The molecule has 0 amide bonds. The van der Waals surface area contributed by atoms with Crippen molar-refractivity contribution < 1.29 is 0 Å². The van der Waals surface area contributed by atoms with Crippen LogP contribution in [0.1, 0.15) is 4.88 Å². The van der Waals surface area contributed by atoms with Crippen LogP contribution >= 0.6 is 39.0 Å². The van der Waals surface area contributed by atoms with Crippen LogP contribution in [-0.4, -0.2) is 22.0 Å². The zero-order valence-electron chi connectivity index (χ0n) is 10.8. The predicted octanol–water partition coefficient (Wildman–Crippen LogP) is 4.35. The first kappa shape index (κ1) is 13.8. The van der Waals surface area contributed by atoms with Gasteiger partial charge in [0.05, 0.1) is 0 Å². The van der Waals surface area contributed by atoms with Crippen LogP contribution in [0.4, 0.5) is 5.95 Å². The summed E-state index contributed by atoms with van der Waals surface area (Å²) in [6.07, 6.45) is 1.79. The maximum atomic E-state index is 4.55. The van der Waals surface area contributed by atoms with Gasteiger partial charge < -0.3 is 5.32 Å². The van der Waals surface area contributed by atoms with E-state index in [0.717, 1.165) is 24.7 Å². The SMILES string of the molecule is CNc1nc(Sc2ccc(Br)cn2)c2cc(C)sc2n1. The number of hydrogen-bond acceptors (Lipinski definition) is 6. The third-order valence-electron chi connectivity index (χ3n) is 2.61. The van der Waals surface area contributed by atoms with Gasteiger partial charge in [0.2, 0.25) is 5.95 Å². The lowest BCUT2D eigenvalue weighted by atomic mass is 10.4. The fraction of sp³-hybridized carbons (Fsp3) is 0.154. The molecule has 0 aliphatic carbocycles. The highest BCUT2D eigenvalue weighted by molar-refractivity contribution is 9.10. The van der Waals surface area contributed by atoms with E-state index in [4.69, 9.17) is 0 Å². The van der Waals surface area contributed by atoms with E-state index in [0.29, 0.717) is 5.95 Å². The molecule has 7 heteroatoms. The fourth-order valence-electron chi connectivity index (χ4n) is 1.73. The van der Waals surface area contributed by atoms with Crippen molar-refractivity contribution in [2.24, 2.45) is 0 Å². The van der Waals surface area contributed by atoms with Crippen LogP contribution in [0.15, 0.2) is 38.9 Å². The second-order valence-corrected chi connectivity index (χ2v) is 7.25. The van der Waals surface area contributed by atoms with E-state index in [9.17, 15) is 0 Å². The van der Waals surface area contributed by atoms with Gasteiger partial charge >= 0.3 is 0 Å². The fourth-order valence-corrected chi connectivity index (χ4v) is 3.74. The lowest BCUT2D eigenvalue weighted by Gasteiger charge is -2.04. The summed E-state index contributed by atoms with van der Waals surface area (Å²) in [4.78, 5) is 15.6. The van der Waals surface area contributed by atoms with Crippen molar-refractivity contribution in [1.82, 2.24) is 15.0 Å². The lowest BCUT2D eigenvalue weighted by molar-refractivity contribution is 1.08. The van der Waals surface area contributed by atoms with Crippen molar-refractivity contribution in [2.45, 2.75) is 17.0 Å². The first-order valence-electron chi connectivity index (χ1n) is 5.91. The summed E-state index contributed by atoms with van der Waals surface area (Å²) in [5.41, 5.74) is 0. The minimum Gasteiger partial charge on any atom is -0.357 e. The molecule has 0 bridgehead atoms. The van der Waals surface area contributed by atoms with E-state index in [1.54, 1.807) is 29.3 Å². The minimum absolute atomic E-state index is 0.638. The van der Waals surface area contributed by atoms with Gasteiger partial charge in [-0.15, -0.1) is 11.3 Å². The molecule has 3 rings (SSSR count). The minimum atomic E-state index is 0.638. The Morgan fingerprint density at radius 3 is 2.85 bits per heavy atom. The molecule has 0 saturated carbocycles. The Bertz CT molecular complexity index is 755. The van der Waals surface area contributed by atoms with Crippen molar-refractivity contribution in [2.75, 3.05) is 12.4 Å².